The molecular formula is C20H30N2O4S. The molecule has 1 saturated heterocycles. The molecule has 0 radical (unpaired) electrons. The van der Waals surface area contributed by atoms with Crippen LogP contribution < -0.4 is 5.32 Å². The smallest absolute Gasteiger partial charge is 0.247 e. The maximum atomic E-state index is 12.8. The topological polar surface area (TPSA) is 83.6 Å². The zero-order valence-electron chi connectivity index (χ0n) is 16.8. The van der Waals surface area contributed by atoms with Gasteiger partial charge < -0.3 is 10.2 Å². The van der Waals surface area contributed by atoms with Crippen molar-refractivity contribution in [2.75, 3.05) is 11.9 Å². The molecule has 0 aliphatic carbocycles. The fraction of sp³-hybridized carbons (Fsp3) is 0.600. The van der Waals surface area contributed by atoms with Gasteiger partial charge in [0.1, 0.15) is 6.04 Å². The average Bonchev–Trinajstić information content (AvgIpc) is 2.91. The van der Waals surface area contributed by atoms with E-state index in [2.05, 4.69) is 5.32 Å². The molecule has 0 spiro atoms. The summed E-state index contributed by atoms with van der Waals surface area (Å²) in [4.78, 5) is 26.5. The minimum atomic E-state index is -3.31. The molecule has 0 aromatic heterocycles. The maximum absolute atomic E-state index is 12.8. The lowest BCUT2D eigenvalue weighted by atomic mass is 10.0. The largest absolute Gasteiger partial charge is 0.330 e. The number of amides is 2. The number of benzene rings is 1. The Balaban J connectivity index is 2.17. The van der Waals surface area contributed by atoms with Crippen LogP contribution in [0.25, 0.3) is 0 Å². The van der Waals surface area contributed by atoms with Gasteiger partial charge in [0.2, 0.25) is 11.8 Å². The molecular weight excluding hydrogens is 364 g/mol. The Bertz CT molecular complexity index is 810. The lowest BCUT2D eigenvalue weighted by Gasteiger charge is -2.30. The molecule has 2 amide bonds. The number of rotatable bonds is 6. The van der Waals surface area contributed by atoms with Crippen LogP contribution in [0.5, 0.6) is 0 Å². The number of carbonyl (C=O) groups is 2. The number of sulfone groups is 1. The van der Waals surface area contributed by atoms with Gasteiger partial charge in [-0.15, -0.1) is 0 Å². The molecule has 0 saturated carbocycles. The summed E-state index contributed by atoms with van der Waals surface area (Å²) in [6.07, 6.45) is 1.26. The number of hydrogen-bond acceptors (Lipinski definition) is 4. The molecule has 0 bridgehead atoms. The maximum Gasteiger partial charge on any atom is 0.247 e. The summed E-state index contributed by atoms with van der Waals surface area (Å²) in [6.45, 7) is 9.46. The molecule has 1 aliphatic heterocycles. The van der Waals surface area contributed by atoms with Crippen LogP contribution in [0.2, 0.25) is 0 Å². The third kappa shape index (κ3) is 5.09. The van der Waals surface area contributed by atoms with Crippen molar-refractivity contribution in [1.82, 2.24) is 4.90 Å². The van der Waals surface area contributed by atoms with Gasteiger partial charge in [0, 0.05) is 18.7 Å². The van der Waals surface area contributed by atoms with Crippen LogP contribution in [0.3, 0.4) is 0 Å². The van der Waals surface area contributed by atoms with Gasteiger partial charge in [-0.1, -0.05) is 26.0 Å². The van der Waals surface area contributed by atoms with Crippen LogP contribution in [0.4, 0.5) is 5.69 Å². The zero-order chi connectivity index (χ0) is 20.4. The summed E-state index contributed by atoms with van der Waals surface area (Å²) >= 11 is 0. The predicted octanol–water partition coefficient (Wildman–Crippen LogP) is 2.99. The number of nitrogens with zero attached hydrogens (tertiary/aromatic N) is 1. The molecule has 27 heavy (non-hydrogen) atoms. The number of carbonyl (C=O) groups excluding carboxylic acids is 2. The molecule has 6 nitrogen and oxygen atoms in total. The highest BCUT2D eigenvalue weighted by Gasteiger charge is 2.35. The quantitative estimate of drug-likeness (QED) is 0.804. The van der Waals surface area contributed by atoms with E-state index in [1.54, 1.807) is 49.9 Å². The Morgan fingerprint density at radius 2 is 1.93 bits per heavy atom. The first-order valence-electron chi connectivity index (χ1n) is 9.34. The van der Waals surface area contributed by atoms with Gasteiger partial charge in [0.05, 0.1) is 10.5 Å². The first-order chi connectivity index (χ1) is 12.4. The molecule has 1 heterocycles. The summed E-state index contributed by atoms with van der Waals surface area (Å²) in [5.41, 5.74) is 1.17. The van der Waals surface area contributed by atoms with E-state index >= 15 is 0 Å². The van der Waals surface area contributed by atoms with Gasteiger partial charge in [-0.25, -0.2) is 8.42 Å². The molecule has 1 aliphatic rings. The van der Waals surface area contributed by atoms with Crippen LogP contribution in [0.15, 0.2) is 24.3 Å². The standard InChI is InChI=1S/C20H30N2O4S/c1-14(2)18(22-11-7-10-17(22)23)19(24)21-16-9-6-8-15(12-16)13-27(25,26)20(3,4)5/h6,8-9,12,14,18H,7,10-11,13H2,1-5H3,(H,21,24). The molecule has 150 valence electrons. The summed E-state index contributed by atoms with van der Waals surface area (Å²) in [5.74, 6) is -0.334. The van der Waals surface area contributed by atoms with Crippen molar-refractivity contribution in [1.29, 1.82) is 0 Å². The molecule has 2 rings (SSSR count). The third-order valence-corrected chi connectivity index (χ3v) is 7.41. The van der Waals surface area contributed by atoms with E-state index in [-0.39, 0.29) is 23.5 Å². The molecule has 1 unspecified atom stereocenters. The minimum Gasteiger partial charge on any atom is -0.330 e. The van der Waals surface area contributed by atoms with Crippen molar-refractivity contribution in [3.63, 3.8) is 0 Å². The van der Waals surface area contributed by atoms with Gasteiger partial charge in [-0.3, -0.25) is 9.59 Å². The van der Waals surface area contributed by atoms with Crippen molar-refractivity contribution in [3.8, 4) is 0 Å². The number of hydrogen-bond donors (Lipinski definition) is 1. The van der Waals surface area contributed by atoms with Crippen molar-refractivity contribution in [2.45, 2.75) is 64.0 Å². The average molecular weight is 395 g/mol. The highest BCUT2D eigenvalue weighted by Crippen LogP contribution is 2.24. The summed E-state index contributed by atoms with van der Waals surface area (Å²) in [7, 11) is -3.31. The molecule has 7 heteroatoms. The molecule has 1 fully saturated rings. The fourth-order valence-electron chi connectivity index (χ4n) is 3.16. The highest BCUT2D eigenvalue weighted by molar-refractivity contribution is 7.91. The highest BCUT2D eigenvalue weighted by atomic mass is 32.2. The zero-order valence-corrected chi connectivity index (χ0v) is 17.6. The van der Waals surface area contributed by atoms with Crippen LogP contribution in [0.1, 0.15) is 53.0 Å². The van der Waals surface area contributed by atoms with Gasteiger partial charge in [0.25, 0.3) is 0 Å². The van der Waals surface area contributed by atoms with Crippen LogP contribution >= 0.6 is 0 Å². The fourth-order valence-corrected chi connectivity index (χ4v) is 4.21. The lowest BCUT2D eigenvalue weighted by Crippen LogP contribution is -2.47. The van der Waals surface area contributed by atoms with Gasteiger partial charge >= 0.3 is 0 Å². The van der Waals surface area contributed by atoms with Gasteiger partial charge in [-0.2, -0.15) is 0 Å². The van der Waals surface area contributed by atoms with Crippen molar-refractivity contribution in [3.05, 3.63) is 29.8 Å². The normalized spacial score (nSPS) is 16.7. The Hall–Kier alpha value is -1.89. The molecule has 1 atom stereocenters. The Kier molecular flexibility index (Phi) is 6.35. The molecule has 1 N–H and O–H groups in total. The first kappa shape index (κ1) is 21.4. The van der Waals surface area contributed by atoms with E-state index in [0.29, 0.717) is 24.2 Å². The van der Waals surface area contributed by atoms with Gasteiger partial charge in [-0.05, 0) is 50.8 Å². The second kappa shape index (κ2) is 8.00. The van der Waals surface area contributed by atoms with Gasteiger partial charge in [0.15, 0.2) is 9.84 Å². The van der Waals surface area contributed by atoms with Crippen molar-refractivity contribution >= 4 is 27.3 Å². The van der Waals surface area contributed by atoms with E-state index in [4.69, 9.17) is 0 Å². The van der Waals surface area contributed by atoms with E-state index < -0.39 is 20.6 Å². The Labute approximate surface area is 162 Å². The minimum absolute atomic E-state index is 0.00821. The SMILES string of the molecule is CC(C)C(C(=O)Nc1cccc(CS(=O)(=O)C(C)(C)C)c1)N1CCCC1=O. The van der Waals surface area contributed by atoms with Crippen molar-refractivity contribution < 1.29 is 18.0 Å². The summed E-state index contributed by atoms with van der Waals surface area (Å²) in [6, 6.07) is 6.36. The van der Waals surface area contributed by atoms with Crippen LogP contribution in [0, 0.1) is 5.92 Å². The number of anilines is 1. The number of nitrogens with one attached hydrogen (secondary N) is 1. The first-order valence-corrected chi connectivity index (χ1v) is 11.0. The van der Waals surface area contributed by atoms with E-state index in [1.807, 2.05) is 13.8 Å². The Morgan fingerprint density at radius 3 is 2.44 bits per heavy atom. The molecule has 1 aromatic carbocycles. The lowest BCUT2D eigenvalue weighted by molar-refractivity contribution is -0.136. The third-order valence-electron chi connectivity index (χ3n) is 4.83. The second-order valence-corrected chi connectivity index (χ2v) is 11.2. The Morgan fingerprint density at radius 1 is 1.26 bits per heavy atom. The number of likely N-dealkylation sites (tertiary alicyclic amines) is 1. The monoisotopic (exact) mass is 394 g/mol. The summed E-state index contributed by atoms with van der Waals surface area (Å²) in [5, 5.41) is 2.86. The second-order valence-electron chi connectivity index (χ2n) is 8.44. The van der Waals surface area contributed by atoms with E-state index in [1.165, 1.54) is 0 Å². The van der Waals surface area contributed by atoms with Crippen LogP contribution in [-0.2, 0) is 25.2 Å². The van der Waals surface area contributed by atoms with E-state index in [9.17, 15) is 18.0 Å². The predicted molar refractivity (Wildman–Crippen MR) is 107 cm³/mol. The van der Waals surface area contributed by atoms with Crippen LogP contribution in [-0.4, -0.2) is 42.5 Å². The summed E-state index contributed by atoms with van der Waals surface area (Å²) < 4.78 is 24.0. The molecule has 1 aromatic rings. The van der Waals surface area contributed by atoms with Crippen molar-refractivity contribution in [2.24, 2.45) is 5.92 Å². The van der Waals surface area contributed by atoms with E-state index in [0.717, 1.165) is 6.42 Å².